The van der Waals surface area contributed by atoms with Gasteiger partial charge in [-0.3, -0.25) is 9.59 Å². The summed E-state index contributed by atoms with van der Waals surface area (Å²) >= 11 is 3.19. The first-order valence-corrected chi connectivity index (χ1v) is 9.93. The number of nitrogens with zero attached hydrogens (tertiary/aromatic N) is 3. The molecule has 5 nitrogen and oxygen atoms in total. The van der Waals surface area contributed by atoms with Crippen molar-refractivity contribution in [2.45, 2.75) is 13.1 Å². The largest absolute Gasteiger partial charge is 0.336 e. The number of rotatable bonds is 6. The second-order valence-electron chi connectivity index (χ2n) is 5.99. The molecular weight excluding hydrogens is 366 g/mol. The van der Waals surface area contributed by atoms with E-state index in [1.54, 1.807) is 64.8 Å². The van der Waals surface area contributed by atoms with Crippen LogP contribution in [0.1, 0.15) is 32.1 Å². The Balaban J connectivity index is 1.70. The molecule has 0 unspecified atom stereocenters. The van der Waals surface area contributed by atoms with Crippen molar-refractivity contribution in [2.75, 3.05) is 14.1 Å². The SMILES string of the molecule is CN(Cc1ccsc1)C(=O)c1cccc(C(=O)N(C)Cc2ccsc2)n1. The normalized spacial score (nSPS) is 10.5. The first-order valence-electron chi connectivity index (χ1n) is 8.04. The molecule has 3 aromatic heterocycles. The Morgan fingerprint density at radius 3 is 1.69 bits per heavy atom. The number of hydrogen-bond donors (Lipinski definition) is 0. The molecule has 0 bridgehead atoms. The summed E-state index contributed by atoms with van der Waals surface area (Å²) in [6.07, 6.45) is 0. The number of carbonyl (C=O) groups excluding carboxylic acids is 2. The van der Waals surface area contributed by atoms with E-state index in [-0.39, 0.29) is 23.2 Å². The van der Waals surface area contributed by atoms with Crippen LogP contribution in [-0.2, 0) is 13.1 Å². The number of carbonyl (C=O) groups is 2. The Labute approximate surface area is 160 Å². The van der Waals surface area contributed by atoms with Gasteiger partial charge in [-0.1, -0.05) is 6.07 Å². The molecule has 0 aliphatic rings. The summed E-state index contributed by atoms with van der Waals surface area (Å²) in [5, 5.41) is 7.98. The molecule has 3 heterocycles. The van der Waals surface area contributed by atoms with E-state index in [1.807, 2.05) is 33.7 Å². The van der Waals surface area contributed by atoms with Crippen molar-refractivity contribution in [1.82, 2.24) is 14.8 Å². The van der Waals surface area contributed by atoms with Gasteiger partial charge in [0.2, 0.25) is 0 Å². The van der Waals surface area contributed by atoms with Gasteiger partial charge in [0, 0.05) is 27.2 Å². The van der Waals surface area contributed by atoms with Crippen LogP contribution in [-0.4, -0.2) is 40.7 Å². The molecule has 0 aliphatic heterocycles. The predicted octanol–water partition coefficient (Wildman–Crippen LogP) is 3.75. The van der Waals surface area contributed by atoms with Crippen molar-refractivity contribution >= 4 is 34.5 Å². The molecule has 0 atom stereocenters. The summed E-state index contributed by atoms with van der Waals surface area (Å²) in [6.45, 7) is 1.03. The zero-order chi connectivity index (χ0) is 18.5. The van der Waals surface area contributed by atoms with E-state index in [0.29, 0.717) is 13.1 Å². The molecule has 0 aliphatic carbocycles. The summed E-state index contributed by atoms with van der Waals surface area (Å²) in [7, 11) is 3.47. The van der Waals surface area contributed by atoms with Gasteiger partial charge in [0.25, 0.3) is 11.8 Å². The molecule has 3 aromatic rings. The van der Waals surface area contributed by atoms with Crippen LogP contribution in [0.3, 0.4) is 0 Å². The fourth-order valence-electron chi connectivity index (χ4n) is 2.52. The second kappa shape index (κ2) is 8.25. The van der Waals surface area contributed by atoms with Crippen molar-refractivity contribution in [3.05, 3.63) is 74.4 Å². The van der Waals surface area contributed by atoms with Gasteiger partial charge in [0.1, 0.15) is 11.4 Å². The average Bonchev–Trinajstić information content (AvgIpc) is 3.34. The van der Waals surface area contributed by atoms with E-state index >= 15 is 0 Å². The summed E-state index contributed by atoms with van der Waals surface area (Å²) in [4.78, 5) is 32.7. The van der Waals surface area contributed by atoms with E-state index in [4.69, 9.17) is 0 Å². The van der Waals surface area contributed by atoms with Crippen LogP contribution < -0.4 is 0 Å². The summed E-state index contributed by atoms with van der Waals surface area (Å²) in [5.41, 5.74) is 2.71. The Kier molecular flexibility index (Phi) is 5.80. The molecular formula is C19H19N3O2S2. The Bertz CT molecular complexity index is 807. The molecule has 0 N–H and O–H groups in total. The lowest BCUT2D eigenvalue weighted by molar-refractivity contribution is 0.0772. The highest BCUT2D eigenvalue weighted by atomic mass is 32.1. The molecule has 0 saturated heterocycles. The van der Waals surface area contributed by atoms with Gasteiger partial charge in [-0.05, 0) is 56.9 Å². The predicted molar refractivity (Wildman–Crippen MR) is 104 cm³/mol. The van der Waals surface area contributed by atoms with Gasteiger partial charge >= 0.3 is 0 Å². The van der Waals surface area contributed by atoms with E-state index in [1.165, 1.54) is 0 Å². The Morgan fingerprint density at radius 1 is 0.846 bits per heavy atom. The molecule has 134 valence electrons. The molecule has 26 heavy (non-hydrogen) atoms. The molecule has 0 spiro atoms. The molecule has 2 amide bonds. The molecule has 0 fully saturated rings. The molecule has 0 aromatic carbocycles. The lowest BCUT2D eigenvalue weighted by Gasteiger charge is -2.18. The third kappa shape index (κ3) is 4.36. The van der Waals surface area contributed by atoms with Crippen LogP contribution in [0.5, 0.6) is 0 Å². The standard InChI is InChI=1S/C19H19N3O2S2/c1-21(10-14-6-8-25-12-14)18(23)16-4-3-5-17(20-16)19(24)22(2)11-15-7-9-26-13-15/h3-9,12-13H,10-11H2,1-2H3. The van der Waals surface area contributed by atoms with Crippen molar-refractivity contribution in [1.29, 1.82) is 0 Å². The number of thiophene rings is 2. The highest BCUT2D eigenvalue weighted by molar-refractivity contribution is 7.08. The molecule has 3 rings (SSSR count). The first-order chi connectivity index (χ1) is 12.5. The van der Waals surface area contributed by atoms with Crippen LogP contribution in [0.4, 0.5) is 0 Å². The average molecular weight is 386 g/mol. The van der Waals surface area contributed by atoms with Gasteiger partial charge in [-0.2, -0.15) is 22.7 Å². The van der Waals surface area contributed by atoms with Crippen LogP contribution in [0.25, 0.3) is 0 Å². The third-order valence-electron chi connectivity index (χ3n) is 3.88. The fraction of sp³-hybridized carbons (Fsp3) is 0.211. The van der Waals surface area contributed by atoms with E-state index < -0.39 is 0 Å². The van der Waals surface area contributed by atoms with Crippen LogP contribution in [0.15, 0.2) is 51.9 Å². The van der Waals surface area contributed by atoms with Gasteiger partial charge in [0.05, 0.1) is 0 Å². The summed E-state index contributed by atoms with van der Waals surface area (Å²) in [5.74, 6) is -0.405. The maximum atomic E-state index is 12.6. The Hall–Kier alpha value is -2.51. The second-order valence-corrected chi connectivity index (χ2v) is 7.55. The van der Waals surface area contributed by atoms with Crippen LogP contribution >= 0.6 is 22.7 Å². The maximum absolute atomic E-state index is 12.6. The number of amides is 2. The van der Waals surface area contributed by atoms with Gasteiger partial charge < -0.3 is 9.80 Å². The van der Waals surface area contributed by atoms with Crippen molar-refractivity contribution in [3.63, 3.8) is 0 Å². The fourth-order valence-corrected chi connectivity index (χ4v) is 3.84. The first kappa shape index (κ1) is 18.3. The van der Waals surface area contributed by atoms with Gasteiger partial charge in [0.15, 0.2) is 0 Å². The number of pyridine rings is 1. The molecule has 0 saturated carbocycles. The molecule has 0 radical (unpaired) electrons. The van der Waals surface area contributed by atoms with Gasteiger partial charge in [-0.25, -0.2) is 4.98 Å². The van der Waals surface area contributed by atoms with E-state index in [0.717, 1.165) is 11.1 Å². The quantitative estimate of drug-likeness (QED) is 0.649. The number of aromatic nitrogens is 1. The minimum atomic E-state index is -0.202. The number of hydrogen-bond acceptors (Lipinski definition) is 5. The highest BCUT2D eigenvalue weighted by Gasteiger charge is 2.18. The van der Waals surface area contributed by atoms with Crippen molar-refractivity contribution in [3.8, 4) is 0 Å². The van der Waals surface area contributed by atoms with Crippen LogP contribution in [0, 0.1) is 0 Å². The third-order valence-corrected chi connectivity index (χ3v) is 5.34. The highest BCUT2D eigenvalue weighted by Crippen LogP contribution is 2.13. The van der Waals surface area contributed by atoms with Crippen molar-refractivity contribution < 1.29 is 9.59 Å². The summed E-state index contributed by atoms with van der Waals surface area (Å²) < 4.78 is 0. The topological polar surface area (TPSA) is 53.5 Å². The monoisotopic (exact) mass is 385 g/mol. The van der Waals surface area contributed by atoms with Crippen molar-refractivity contribution in [2.24, 2.45) is 0 Å². The molecule has 7 heteroatoms. The maximum Gasteiger partial charge on any atom is 0.272 e. The van der Waals surface area contributed by atoms with Crippen LogP contribution in [0.2, 0.25) is 0 Å². The minimum absolute atomic E-state index is 0.202. The zero-order valence-electron chi connectivity index (χ0n) is 14.6. The minimum Gasteiger partial charge on any atom is -0.336 e. The zero-order valence-corrected chi connectivity index (χ0v) is 16.2. The van der Waals surface area contributed by atoms with E-state index in [2.05, 4.69) is 4.98 Å². The Morgan fingerprint density at radius 2 is 1.31 bits per heavy atom. The van der Waals surface area contributed by atoms with E-state index in [9.17, 15) is 9.59 Å². The lowest BCUT2D eigenvalue weighted by atomic mass is 10.2. The van der Waals surface area contributed by atoms with Gasteiger partial charge in [-0.15, -0.1) is 0 Å². The smallest absolute Gasteiger partial charge is 0.272 e. The lowest BCUT2D eigenvalue weighted by Crippen LogP contribution is -2.29. The summed E-state index contributed by atoms with van der Waals surface area (Å²) in [6, 6.07) is 8.96.